The lowest BCUT2D eigenvalue weighted by atomic mass is 10.1. The van der Waals surface area contributed by atoms with Gasteiger partial charge < -0.3 is 10.4 Å². The third kappa shape index (κ3) is 4.46. The van der Waals surface area contributed by atoms with Crippen LogP contribution in [0.25, 0.3) is 0 Å². The average Bonchev–Trinajstić information content (AvgIpc) is 3.23. The highest BCUT2D eigenvalue weighted by Gasteiger charge is 2.33. The molecule has 1 aliphatic heterocycles. The van der Waals surface area contributed by atoms with E-state index < -0.39 is 0 Å². The first kappa shape index (κ1) is 14.8. The quantitative estimate of drug-likeness (QED) is 0.768. The number of amides is 1. The Morgan fingerprint density at radius 1 is 1.26 bits per heavy atom. The van der Waals surface area contributed by atoms with Gasteiger partial charge in [-0.25, -0.2) is 0 Å². The fraction of sp³-hybridized carbons (Fsp3) is 0.933. The van der Waals surface area contributed by atoms with Gasteiger partial charge in [0, 0.05) is 12.6 Å². The van der Waals surface area contributed by atoms with Crippen molar-refractivity contribution in [1.29, 1.82) is 0 Å². The first-order valence-corrected chi connectivity index (χ1v) is 7.87. The Bertz CT molecular complexity index is 284. The van der Waals surface area contributed by atoms with E-state index in [0.717, 1.165) is 13.1 Å². The summed E-state index contributed by atoms with van der Waals surface area (Å²) in [6.07, 6.45) is 8.09. The molecular weight excluding hydrogens is 240 g/mol. The number of nitrogens with zero attached hydrogens (tertiary/aromatic N) is 1. The zero-order valence-corrected chi connectivity index (χ0v) is 12.1. The van der Waals surface area contributed by atoms with Gasteiger partial charge in [0.25, 0.3) is 0 Å². The van der Waals surface area contributed by atoms with E-state index in [4.69, 9.17) is 5.11 Å². The molecule has 0 aromatic carbocycles. The Morgan fingerprint density at radius 3 is 2.42 bits per heavy atom. The van der Waals surface area contributed by atoms with Crippen molar-refractivity contribution in [3.8, 4) is 0 Å². The Balaban J connectivity index is 1.82. The van der Waals surface area contributed by atoms with Crippen LogP contribution in [-0.4, -0.2) is 47.7 Å². The summed E-state index contributed by atoms with van der Waals surface area (Å²) in [5, 5.41) is 12.2. The van der Waals surface area contributed by atoms with E-state index in [9.17, 15) is 4.79 Å². The molecule has 4 heteroatoms. The molecule has 2 unspecified atom stereocenters. The number of rotatable bonds is 6. The maximum atomic E-state index is 12.3. The second-order valence-electron chi connectivity index (χ2n) is 6.09. The largest absolute Gasteiger partial charge is 0.396 e. The fourth-order valence-electron chi connectivity index (χ4n) is 3.01. The molecule has 2 aliphatic rings. The Labute approximate surface area is 116 Å². The molecule has 0 radical (unpaired) electrons. The van der Waals surface area contributed by atoms with Crippen LogP contribution in [0, 0.1) is 5.92 Å². The summed E-state index contributed by atoms with van der Waals surface area (Å²) in [6, 6.07) is 0.157. The zero-order chi connectivity index (χ0) is 13.7. The fourth-order valence-corrected chi connectivity index (χ4v) is 3.01. The van der Waals surface area contributed by atoms with Gasteiger partial charge in [-0.2, -0.15) is 0 Å². The van der Waals surface area contributed by atoms with Crippen molar-refractivity contribution in [2.75, 3.05) is 19.7 Å². The lowest BCUT2D eigenvalue weighted by Gasteiger charge is -2.28. The van der Waals surface area contributed by atoms with Crippen molar-refractivity contribution in [3.63, 3.8) is 0 Å². The molecule has 4 nitrogen and oxygen atoms in total. The van der Waals surface area contributed by atoms with E-state index in [-0.39, 0.29) is 24.6 Å². The topological polar surface area (TPSA) is 52.6 Å². The highest BCUT2D eigenvalue weighted by atomic mass is 16.3. The van der Waals surface area contributed by atoms with Crippen molar-refractivity contribution in [2.24, 2.45) is 5.92 Å². The molecule has 0 bridgehead atoms. The van der Waals surface area contributed by atoms with Gasteiger partial charge in [0.2, 0.25) is 5.91 Å². The smallest absolute Gasteiger partial charge is 0.237 e. The monoisotopic (exact) mass is 268 g/mol. The average molecular weight is 268 g/mol. The Kier molecular flexibility index (Phi) is 5.64. The number of carbonyl (C=O) groups excluding carboxylic acids is 1. The highest BCUT2D eigenvalue weighted by molar-refractivity contribution is 5.81. The van der Waals surface area contributed by atoms with Gasteiger partial charge in [0.1, 0.15) is 0 Å². The second kappa shape index (κ2) is 7.25. The van der Waals surface area contributed by atoms with Crippen LogP contribution in [-0.2, 0) is 4.79 Å². The number of nitrogens with one attached hydrogen (secondary N) is 1. The number of likely N-dealkylation sites (tertiary alicyclic amines) is 1. The van der Waals surface area contributed by atoms with E-state index >= 15 is 0 Å². The van der Waals surface area contributed by atoms with Crippen molar-refractivity contribution < 1.29 is 9.90 Å². The van der Waals surface area contributed by atoms with Crippen LogP contribution in [0.15, 0.2) is 0 Å². The van der Waals surface area contributed by atoms with Crippen molar-refractivity contribution in [2.45, 2.75) is 64.0 Å². The minimum absolute atomic E-state index is 0.0296. The van der Waals surface area contributed by atoms with Crippen LogP contribution in [0.5, 0.6) is 0 Å². The molecule has 19 heavy (non-hydrogen) atoms. The molecule has 2 rings (SSSR count). The number of aliphatic hydroxyl groups excluding tert-OH is 1. The second-order valence-corrected chi connectivity index (χ2v) is 6.09. The summed E-state index contributed by atoms with van der Waals surface area (Å²) in [5.74, 6) is 0.750. The van der Waals surface area contributed by atoms with Gasteiger partial charge in [-0.05, 0) is 58.0 Å². The molecule has 0 aromatic rings. The van der Waals surface area contributed by atoms with Gasteiger partial charge in [0.15, 0.2) is 0 Å². The molecule has 1 amide bonds. The maximum Gasteiger partial charge on any atom is 0.237 e. The molecule has 110 valence electrons. The van der Waals surface area contributed by atoms with Crippen LogP contribution in [0.3, 0.4) is 0 Å². The minimum Gasteiger partial charge on any atom is -0.396 e. The first-order valence-electron chi connectivity index (χ1n) is 7.87. The first-order chi connectivity index (χ1) is 9.22. The number of carbonyl (C=O) groups is 1. The normalized spacial score (nSPS) is 24.5. The zero-order valence-electron chi connectivity index (χ0n) is 12.1. The molecule has 1 saturated heterocycles. The van der Waals surface area contributed by atoms with E-state index in [2.05, 4.69) is 10.2 Å². The molecular formula is C15H28N2O2. The summed E-state index contributed by atoms with van der Waals surface area (Å²) >= 11 is 0. The Morgan fingerprint density at radius 2 is 1.89 bits per heavy atom. The predicted octanol–water partition coefficient (Wildman–Crippen LogP) is 1.53. The molecule has 0 aromatic heterocycles. The van der Waals surface area contributed by atoms with Crippen LogP contribution >= 0.6 is 0 Å². The van der Waals surface area contributed by atoms with Crippen LogP contribution in [0.4, 0.5) is 0 Å². The van der Waals surface area contributed by atoms with Gasteiger partial charge in [0.05, 0.1) is 6.04 Å². The standard InChI is InChI=1S/C15H28N2O2/c1-12(17-9-4-2-3-5-10-17)15(19)16-14(8-11-18)13-6-7-13/h12-14,18H,2-11H2,1H3,(H,16,19). The van der Waals surface area contributed by atoms with Gasteiger partial charge in [-0.1, -0.05) is 12.8 Å². The summed E-state index contributed by atoms with van der Waals surface area (Å²) < 4.78 is 0. The van der Waals surface area contributed by atoms with Crippen LogP contribution < -0.4 is 5.32 Å². The molecule has 1 saturated carbocycles. The van der Waals surface area contributed by atoms with Gasteiger partial charge in [-0.3, -0.25) is 9.69 Å². The predicted molar refractivity (Wildman–Crippen MR) is 75.9 cm³/mol. The molecule has 0 spiro atoms. The summed E-state index contributed by atoms with van der Waals surface area (Å²) in [4.78, 5) is 14.6. The van der Waals surface area contributed by atoms with Crippen molar-refractivity contribution >= 4 is 5.91 Å². The summed E-state index contributed by atoms with van der Waals surface area (Å²) in [5.41, 5.74) is 0. The number of aliphatic hydroxyl groups is 1. The summed E-state index contributed by atoms with van der Waals surface area (Å²) in [7, 11) is 0. The number of hydrogen-bond acceptors (Lipinski definition) is 3. The maximum absolute atomic E-state index is 12.3. The van der Waals surface area contributed by atoms with E-state index in [1.165, 1.54) is 38.5 Å². The van der Waals surface area contributed by atoms with E-state index in [0.29, 0.717) is 12.3 Å². The van der Waals surface area contributed by atoms with Crippen molar-refractivity contribution in [3.05, 3.63) is 0 Å². The molecule has 1 aliphatic carbocycles. The minimum atomic E-state index is -0.0296. The lowest BCUT2D eigenvalue weighted by molar-refractivity contribution is -0.126. The molecule has 2 fully saturated rings. The van der Waals surface area contributed by atoms with Crippen LogP contribution in [0.1, 0.15) is 51.9 Å². The SMILES string of the molecule is CC(C(=O)NC(CCO)C1CC1)N1CCCCCC1. The summed E-state index contributed by atoms with van der Waals surface area (Å²) in [6.45, 7) is 4.27. The van der Waals surface area contributed by atoms with E-state index in [1.54, 1.807) is 0 Å². The van der Waals surface area contributed by atoms with E-state index in [1.807, 2.05) is 6.92 Å². The van der Waals surface area contributed by atoms with Crippen molar-refractivity contribution in [1.82, 2.24) is 10.2 Å². The third-order valence-corrected chi connectivity index (χ3v) is 4.53. The van der Waals surface area contributed by atoms with Gasteiger partial charge >= 0.3 is 0 Å². The highest BCUT2D eigenvalue weighted by Crippen LogP contribution is 2.34. The number of hydrogen-bond donors (Lipinski definition) is 2. The Hall–Kier alpha value is -0.610. The molecule has 2 atom stereocenters. The third-order valence-electron chi connectivity index (χ3n) is 4.53. The van der Waals surface area contributed by atoms with Crippen LogP contribution in [0.2, 0.25) is 0 Å². The molecule has 2 N–H and O–H groups in total. The lowest BCUT2D eigenvalue weighted by Crippen LogP contribution is -2.49. The molecule has 1 heterocycles. The van der Waals surface area contributed by atoms with Gasteiger partial charge in [-0.15, -0.1) is 0 Å².